The molecule has 2 nitrogen and oxygen atoms in total. The molecule has 0 aliphatic carbocycles. The Morgan fingerprint density at radius 2 is 2.00 bits per heavy atom. The first kappa shape index (κ1) is 12.6. The van der Waals surface area contributed by atoms with Gasteiger partial charge in [0.05, 0.1) is 0 Å². The van der Waals surface area contributed by atoms with Crippen molar-refractivity contribution in [3.8, 4) is 0 Å². The fourth-order valence-electron chi connectivity index (χ4n) is 1.93. The Morgan fingerprint density at radius 3 is 2.71 bits per heavy atom. The molecule has 1 heterocycles. The van der Waals surface area contributed by atoms with Gasteiger partial charge in [0.1, 0.15) is 11.6 Å². The van der Waals surface area contributed by atoms with Crippen molar-refractivity contribution in [2.75, 3.05) is 11.5 Å². The van der Waals surface area contributed by atoms with E-state index in [2.05, 4.69) is 5.32 Å². The van der Waals surface area contributed by atoms with E-state index in [4.69, 9.17) is 0 Å². The molecule has 1 aliphatic rings. The molecule has 0 spiro atoms. The Kier molecular flexibility index (Phi) is 4.23. The van der Waals surface area contributed by atoms with Gasteiger partial charge in [-0.1, -0.05) is 0 Å². The number of halogens is 2. The Balaban J connectivity index is 1.89. The van der Waals surface area contributed by atoms with Crippen molar-refractivity contribution in [3.63, 3.8) is 0 Å². The standard InChI is InChI=1S/C12H15F2NOS/c13-10-1-2-12(14)9(7-10)8-15-11-3-5-17(16)6-4-11/h1-2,7,11,15H,3-6,8H2. The van der Waals surface area contributed by atoms with E-state index in [9.17, 15) is 13.0 Å². The van der Waals surface area contributed by atoms with E-state index in [0.717, 1.165) is 25.0 Å². The highest BCUT2D eigenvalue weighted by atomic mass is 32.2. The molecule has 0 aromatic heterocycles. The first-order valence-corrected chi connectivity index (χ1v) is 7.16. The lowest BCUT2D eigenvalue weighted by Gasteiger charge is -2.22. The highest BCUT2D eigenvalue weighted by molar-refractivity contribution is 7.85. The van der Waals surface area contributed by atoms with Crippen molar-refractivity contribution in [1.82, 2.24) is 5.32 Å². The third kappa shape index (κ3) is 3.57. The van der Waals surface area contributed by atoms with Gasteiger partial charge in [-0.15, -0.1) is 0 Å². The van der Waals surface area contributed by atoms with Crippen LogP contribution in [0, 0.1) is 11.6 Å². The molecule has 1 aromatic carbocycles. The van der Waals surface area contributed by atoms with Crippen LogP contribution in [0.3, 0.4) is 0 Å². The van der Waals surface area contributed by atoms with Crippen LogP contribution in [0.1, 0.15) is 18.4 Å². The molecule has 0 bridgehead atoms. The summed E-state index contributed by atoms with van der Waals surface area (Å²) >= 11 is 0. The monoisotopic (exact) mass is 259 g/mol. The van der Waals surface area contributed by atoms with Gasteiger partial charge in [0.15, 0.2) is 0 Å². The largest absolute Gasteiger partial charge is 0.310 e. The van der Waals surface area contributed by atoms with Crippen LogP contribution in [0.4, 0.5) is 8.78 Å². The first-order chi connectivity index (χ1) is 8.15. The van der Waals surface area contributed by atoms with E-state index in [-0.39, 0.29) is 6.04 Å². The van der Waals surface area contributed by atoms with Crippen molar-refractivity contribution in [2.45, 2.75) is 25.4 Å². The van der Waals surface area contributed by atoms with Crippen LogP contribution in [0.2, 0.25) is 0 Å². The topological polar surface area (TPSA) is 29.1 Å². The second-order valence-electron chi connectivity index (χ2n) is 4.24. The lowest BCUT2D eigenvalue weighted by Crippen LogP contribution is -2.35. The van der Waals surface area contributed by atoms with Gasteiger partial charge in [-0.3, -0.25) is 4.21 Å². The van der Waals surface area contributed by atoms with Crippen molar-refractivity contribution in [1.29, 1.82) is 0 Å². The Hall–Kier alpha value is -0.810. The molecule has 0 saturated carbocycles. The Morgan fingerprint density at radius 1 is 1.29 bits per heavy atom. The fourth-order valence-corrected chi connectivity index (χ4v) is 3.23. The van der Waals surface area contributed by atoms with E-state index in [1.807, 2.05) is 0 Å². The number of rotatable bonds is 3. The molecule has 0 atom stereocenters. The van der Waals surface area contributed by atoms with Gasteiger partial charge >= 0.3 is 0 Å². The molecule has 17 heavy (non-hydrogen) atoms. The number of hydrogen-bond acceptors (Lipinski definition) is 2. The molecule has 1 aliphatic heterocycles. The quantitative estimate of drug-likeness (QED) is 0.899. The molecule has 0 unspecified atom stereocenters. The Labute approximate surface area is 102 Å². The van der Waals surface area contributed by atoms with Gasteiger partial charge in [-0.25, -0.2) is 8.78 Å². The van der Waals surface area contributed by atoms with Crippen molar-refractivity contribution < 1.29 is 13.0 Å². The smallest absolute Gasteiger partial charge is 0.127 e. The summed E-state index contributed by atoms with van der Waals surface area (Å²) in [6.07, 6.45) is 1.67. The zero-order chi connectivity index (χ0) is 12.3. The normalized spacial score (nSPS) is 24.8. The minimum atomic E-state index is -0.691. The SMILES string of the molecule is O=S1CCC(NCc2cc(F)ccc2F)CC1. The molecular formula is C12H15F2NOS. The summed E-state index contributed by atoms with van der Waals surface area (Å²) in [5.41, 5.74) is 0.344. The molecule has 0 amide bonds. The average Bonchev–Trinajstić information content (AvgIpc) is 2.32. The molecule has 1 N–H and O–H groups in total. The van der Waals surface area contributed by atoms with E-state index in [0.29, 0.717) is 23.6 Å². The second-order valence-corrected chi connectivity index (χ2v) is 5.94. The van der Waals surface area contributed by atoms with E-state index in [1.165, 1.54) is 6.07 Å². The zero-order valence-electron chi connectivity index (χ0n) is 9.42. The minimum absolute atomic E-state index is 0.260. The maximum Gasteiger partial charge on any atom is 0.127 e. The lowest BCUT2D eigenvalue weighted by atomic mass is 10.1. The maximum absolute atomic E-state index is 13.3. The van der Waals surface area contributed by atoms with E-state index >= 15 is 0 Å². The average molecular weight is 259 g/mol. The summed E-state index contributed by atoms with van der Waals surface area (Å²) < 4.78 is 37.4. The number of hydrogen-bond donors (Lipinski definition) is 1. The molecular weight excluding hydrogens is 244 g/mol. The number of benzene rings is 1. The summed E-state index contributed by atoms with van der Waals surface area (Å²) in [5.74, 6) is 0.582. The van der Waals surface area contributed by atoms with Crippen LogP contribution in [0.15, 0.2) is 18.2 Å². The molecule has 1 aromatic rings. The minimum Gasteiger partial charge on any atom is -0.310 e. The highest BCUT2D eigenvalue weighted by Gasteiger charge is 2.17. The van der Waals surface area contributed by atoms with E-state index < -0.39 is 22.4 Å². The molecule has 2 rings (SSSR count). The zero-order valence-corrected chi connectivity index (χ0v) is 10.2. The van der Waals surface area contributed by atoms with Gasteiger partial charge in [0, 0.05) is 40.5 Å². The number of nitrogens with one attached hydrogen (secondary N) is 1. The summed E-state index contributed by atoms with van der Waals surface area (Å²) in [5, 5.41) is 3.19. The van der Waals surface area contributed by atoms with Crippen molar-refractivity contribution in [3.05, 3.63) is 35.4 Å². The third-order valence-electron chi connectivity index (χ3n) is 2.98. The first-order valence-electron chi connectivity index (χ1n) is 5.67. The van der Waals surface area contributed by atoms with Crippen molar-refractivity contribution >= 4 is 10.8 Å². The van der Waals surface area contributed by atoms with Crippen LogP contribution >= 0.6 is 0 Å². The summed E-state index contributed by atoms with van der Waals surface area (Å²) in [6.45, 7) is 0.320. The molecule has 5 heteroatoms. The summed E-state index contributed by atoms with van der Waals surface area (Å²) in [7, 11) is -0.691. The van der Waals surface area contributed by atoms with Crippen LogP contribution in [0.25, 0.3) is 0 Å². The highest BCUT2D eigenvalue weighted by Crippen LogP contribution is 2.13. The molecule has 94 valence electrons. The lowest BCUT2D eigenvalue weighted by molar-refractivity contribution is 0.465. The Bertz CT molecular complexity index is 415. The van der Waals surface area contributed by atoms with Gasteiger partial charge in [0.25, 0.3) is 0 Å². The molecule has 1 fully saturated rings. The van der Waals surface area contributed by atoms with Gasteiger partial charge < -0.3 is 5.32 Å². The predicted octanol–water partition coefficient (Wildman–Crippen LogP) is 1.97. The van der Waals surface area contributed by atoms with Crippen LogP contribution < -0.4 is 5.32 Å². The van der Waals surface area contributed by atoms with Gasteiger partial charge in [-0.05, 0) is 31.0 Å². The van der Waals surface area contributed by atoms with Crippen LogP contribution in [-0.4, -0.2) is 21.8 Å². The van der Waals surface area contributed by atoms with Gasteiger partial charge in [0.2, 0.25) is 0 Å². The third-order valence-corrected chi connectivity index (χ3v) is 4.36. The summed E-state index contributed by atoms with van der Waals surface area (Å²) in [6, 6.07) is 3.73. The van der Waals surface area contributed by atoms with E-state index in [1.54, 1.807) is 0 Å². The fraction of sp³-hybridized carbons (Fsp3) is 0.500. The van der Waals surface area contributed by atoms with Crippen molar-refractivity contribution in [2.24, 2.45) is 0 Å². The molecule has 1 saturated heterocycles. The summed E-state index contributed by atoms with van der Waals surface area (Å²) in [4.78, 5) is 0. The predicted molar refractivity (Wildman–Crippen MR) is 64.1 cm³/mol. The van der Waals surface area contributed by atoms with Crippen LogP contribution in [-0.2, 0) is 17.3 Å². The van der Waals surface area contributed by atoms with Gasteiger partial charge in [-0.2, -0.15) is 0 Å². The van der Waals surface area contributed by atoms with Crippen LogP contribution in [0.5, 0.6) is 0 Å². The maximum atomic E-state index is 13.3. The molecule has 0 radical (unpaired) electrons. The second kappa shape index (κ2) is 5.69.